The fourth-order valence-corrected chi connectivity index (χ4v) is 2.15. The normalized spacial score (nSPS) is 15.3. The van der Waals surface area contributed by atoms with Gasteiger partial charge in [0.2, 0.25) is 0 Å². The van der Waals surface area contributed by atoms with E-state index in [4.69, 9.17) is 16.3 Å². The zero-order valence-corrected chi connectivity index (χ0v) is 10.9. The summed E-state index contributed by atoms with van der Waals surface area (Å²) in [5.41, 5.74) is 1.06. The molecule has 0 spiro atoms. The number of halogens is 2. The van der Waals surface area contributed by atoms with Gasteiger partial charge in [-0.05, 0) is 30.5 Å². The quantitative estimate of drug-likeness (QED) is 0.732. The van der Waals surface area contributed by atoms with Crippen molar-refractivity contribution in [3.05, 3.63) is 28.2 Å². The maximum Gasteiger partial charge on any atom is 0.123 e. The molecule has 1 aromatic carbocycles. The average molecular weight is 290 g/mol. The molecule has 1 nitrogen and oxygen atoms in total. The highest BCUT2D eigenvalue weighted by molar-refractivity contribution is 9.10. The zero-order valence-electron chi connectivity index (χ0n) is 8.51. The summed E-state index contributed by atoms with van der Waals surface area (Å²) in [4.78, 5) is 0. The van der Waals surface area contributed by atoms with Gasteiger partial charge in [-0.3, -0.25) is 0 Å². The fraction of sp³-hybridized carbons (Fsp3) is 0.500. The second-order valence-corrected chi connectivity index (χ2v) is 5.15. The van der Waals surface area contributed by atoms with E-state index in [0.29, 0.717) is 5.88 Å². The van der Waals surface area contributed by atoms with E-state index in [1.54, 1.807) is 0 Å². The lowest BCUT2D eigenvalue weighted by atomic mass is 10.2. The molecule has 0 bridgehead atoms. The van der Waals surface area contributed by atoms with Crippen LogP contribution in [0, 0.1) is 5.92 Å². The first kappa shape index (κ1) is 11.3. The van der Waals surface area contributed by atoms with Crippen LogP contribution in [0.5, 0.6) is 5.75 Å². The van der Waals surface area contributed by atoms with Gasteiger partial charge in [-0.2, -0.15) is 0 Å². The third-order valence-corrected chi connectivity index (χ3v) is 3.43. The van der Waals surface area contributed by atoms with Crippen molar-refractivity contribution in [3.63, 3.8) is 0 Å². The number of ether oxygens (including phenoxy) is 1. The first-order valence-electron chi connectivity index (χ1n) is 5.27. The number of benzene rings is 1. The molecule has 3 heteroatoms. The highest BCUT2D eigenvalue weighted by atomic mass is 79.9. The molecule has 1 fully saturated rings. The summed E-state index contributed by atoms with van der Waals surface area (Å²) >= 11 is 9.28. The number of hydrogen-bond donors (Lipinski definition) is 0. The SMILES string of the molecule is ClCc1cc(Br)ccc1OCCC1CC1. The smallest absolute Gasteiger partial charge is 0.123 e. The summed E-state index contributed by atoms with van der Waals surface area (Å²) in [6.45, 7) is 0.816. The Morgan fingerprint density at radius 1 is 1.40 bits per heavy atom. The predicted molar refractivity (Wildman–Crippen MR) is 66.5 cm³/mol. The molecular weight excluding hydrogens is 275 g/mol. The molecule has 0 heterocycles. The molecule has 1 aromatic rings. The Balaban J connectivity index is 1.92. The van der Waals surface area contributed by atoms with E-state index in [0.717, 1.165) is 28.3 Å². The number of rotatable bonds is 5. The minimum atomic E-state index is 0.498. The third kappa shape index (κ3) is 3.39. The molecule has 0 radical (unpaired) electrons. The van der Waals surface area contributed by atoms with Crippen molar-refractivity contribution in [1.29, 1.82) is 0 Å². The average Bonchev–Trinajstić information content (AvgIpc) is 3.04. The Hall–Kier alpha value is -0.210. The van der Waals surface area contributed by atoms with Crippen LogP contribution < -0.4 is 4.74 Å². The second-order valence-electron chi connectivity index (χ2n) is 3.97. The molecule has 0 saturated heterocycles. The Morgan fingerprint density at radius 2 is 2.20 bits per heavy atom. The highest BCUT2D eigenvalue weighted by Gasteiger charge is 2.20. The lowest BCUT2D eigenvalue weighted by molar-refractivity contribution is 0.300. The molecule has 0 aromatic heterocycles. The standard InChI is InChI=1S/C12H14BrClO/c13-11-3-4-12(10(7-11)8-14)15-6-5-9-1-2-9/h3-4,7,9H,1-2,5-6,8H2. The molecule has 0 atom stereocenters. The van der Waals surface area contributed by atoms with Crippen molar-refractivity contribution in [2.45, 2.75) is 25.1 Å². The van der Waals surface area contributed by atoms with Crippen molar-refractivity contribution in [2.75, 3.05) is 6.61 Å². The minimum absolute atomic E-state index is 0.498. The van der Waals surface area contributed by atoms with Crippen LogP contribution in [0.3, 0.4) is 0 Å². The van der Waals surface area contributed by atoms with Gasteiger partial charge < -0.3 is 4.74 Å². The van der Waals surface area contributed by atoms with Crippen molar-refractivity contribution >= 4 is 27.5 Å². The maximum atomic E-state index is 5.86. The molecule has 1 aliphatic carbocycles. The van der Waals surface area contributed by atoms with Crippen molar-refractivity contribution in [1.82, 2.24) is 0 Å². The minimum Gasteiger partial charge on any atom is -0.493 e. The van der Waals surface area contributed by atoms with E-state index < -0.39 is 0 Å². The summed E-state index contributed by atoms with van der Waals surface area (Å²) in [7, 11) is 0. The molecule has 1 saturated carbocycles. The first-order chi connectivity index (χ1) is 7.29. The molecule has 1 aliphatic rings. The van der Waals surface area contributed by atoms with Gasteiger partial charge in [0, 0.05) is 10.0 Å². The molecule has 0 unspecified atom stereocenters. The monoisotopic (exact) mass is 288 g/mol. The molecule has 0 amide bonds. The van der Waals surface area contributed by atoms with E-state index >= 15 is 0 Å². The Morgan fingerprint density at radius 3 is 2.87 bits per heavy atom. The van der Waals surface area contributed by atoms with E-state index in [1.165, 1.54) is 19.3 Å². The van der Waals surface area contributed by atoms with Crippen LogP contribution in [0.25, 0.3) is 0 Å². The molecule has 82 valence electrons. The van der Waals surface area contributed by atoms with E-state index in [1.807, 2.05) is 18.2 Å². The van der Waals surface area contributed by atoms with Crippen molar-refractivity contribution < 1.29 is 4.74 Å². The number of alkyl halides is 1. The maximum absolute atomic E-state index is 5.86. The Labute approximate surface area is 104 Å². The Kier molecular flexibility index (Phi) is 3.92. The first-order valence-corrected chi connectivity index (χ1v) is 6.59. The van der Waals surface area contributed by atoms with Gasteiger partial charge in [0.05, 0.1) is 12.5 Å². The van der Waals surface area contributed by atoms with Crippen LogP contribution >= 0.6 is 27.5 Å². The van der Waals surface area contributed by atoms with Crippen LogP contribution in [0.1, 0.15) is 24.8 Å². The highest BCUT2D eigenvalue weighted by Crippen LogP contribution is 2.32. The lowest BCUT2D eigenvalue weighted by Gasteiger charge is -2.09. The van der Waals surface area contributed by atoms with Gasteiger partial charge in [0.25, 0.3) is 0 Å². The second kappa shape index (κ2) is 5.22. The lowest BCUT2D eigenvalue weighted by Crippen LogP contribution is -2.00. The van der Waals surface area contributed by atoms with E-state index in [-0.39, 0.29) is 0 Å². The van der Waals surface area contributed by atoms with Gasteiger partial charge >= 0.3 is 0 Å². The van der Waals surface area contributed by atoms with Crippen LogP contribution in [0.2, 0.25) is 0 Å². The predicted octanol–water partition coefficient (Wildman–Crippen LogP) is 4.37. The summed E-state index contributed by atoms with van der Waals surface area (Å²) < 4.78 is 6.78. The van der Waals surface area contributed by atoms with Crippen LogP contribution in [0.4, 0.5) is 0 Å². The Bertz CT molecular complexity index is 336. The van der Waals surface area contributed by atoms with E-state index in [2.05, 4.69) is 15.9 Å². The topological polar surface area (TPSA) is 9.23 Å². The number of hydrogen-bond acceptors (Lipinski definition) is 1. The molecule has 0 aliphatic heterocycles. The van der Waals surface area contributed by atoms with Gasteiger partial charge in [-0.15, -0.1) is 11.6 Å². The summed E-state index contributed by atoms with van der Waals surface area (Å²) in [5, 5.41) is 0. The zero-order chi connectivity index (χ0) is 10.7. The van der Waals surface area contributed by atoms with Crippen LogP contribution in [-0.2, 0) is 5.88 Å². The molecular formula is C12H14BrClO. The van der Waals surface area contributed by atoms with E-state index in [9.17, 15) is 0 Å². The van der Waals surface area contributed by atoms with Crippen molar-refractivity contribution in [2.24, 2.45) is 5.92 Å². The molecule has 2 rings (SSSR count). The van der Waals surface area contributed by atoms with Gasteiger partial charge in [-0.1, -0.05) is 28.8 Å². The third-order valence-electron chi connectivity index (χ3n) is 2.65. The fourth-order valence-electron chi connectivity index (χ4n) is 1.54. The molecule has 15 heavy (non-hydrogen) atoms. The van der Waals surface area contributed by atoms with Gasteiger partial charge in [0.15, 0.2) is 0 Å². The summed E-state index contributed by atoms with van der Waals surface area (Å²) in [5.74, 6) is 2.34. The summed E-state index contributed by atoms with van der Waals surface area (Å²) in [6, 6.07) is 5.98. The van der Waals surface area contributed by atoms with Gasteiger partial charge in [0.1, 0.15) is 5.75 Å². The largest absolute Gasteiger partial charge is 0.493 e. The van der Waals surface area contributed by atoms with Crippen LogP contribution in [-0.4, -0.2) is 6.61 Å². The van der Waals surface area contributed by atoms with Crippen molar-refractivity contribution in [3.8, 4) is 5.75 Å². The van der Waals surface area contributed by atoms with Crippen LogP contribution in [0.15, 0.2) is 22.7 Å². The van der Waals surface area contributed by atoms with Gasteiger partial charge in [-0.25, -0.2) is 0 Å². The molecule has 0 N–H and O–H groups in total. The summed E-state index contributed by atoms with van der Waals surface area (Å²) in [6.07, 6.45) is 3.94.